The number of nitrogens with zero attached hydrogens (tertiary/aromatic N) is 1. The number of aromatic nitrogens is 1. The topological polar surface area (TPSA) is 68.0 Å². The maximum absolute atomic E-state index is 11.0. The first-order chi connectivity index (χ1) is 7.83. The van der Waals surface area contributed by atoms with Crippen LogP contribution in [0.1, 0.15) is 35.3 Å². The van der Waals surface area contributed by atoms with Crippen molar-refractivity contribution in [1.29, 1.82) is 0 Å². The molecule has 4 heteroatoms. The van der Waals surface area contributed by atoms with Crippen LogP contribution in [0.15, 0.2) is 18.5 Å². The van der Waals surface area contributed by atoms with E-state index in [1.54, 1.807) is 12.3 Å². The van der Waals surface area contributed by atoms with E-state index < -0.39 is 0 Å². The van der Waals surface area contributed by atoms with E-state index in [0.29, 0.717) is 16.9 Å². The number of nitrogen functional groups attached to an aromatic ring is 1. The van der Waals surface area contributed by atoms with Crippen LogP contribution in [0.3, 0.4) is 0 Å². The SMILES string of the molecule is Nc1ccnc(C2=CNCCCC2)c1C=O. The van der Waals surface area contributed by atoms with Crippen molar-refractivity contribution >= 4 is 17.5 Å². The molecule has 0 unspecified atom stereocenters. The van der Waals surface area contributed by atoms with Crippen molar-refractivity contribution in [3.8, 4) is 0 Å². The van der Waals surface area contributed by atoms with Gasteiger partial charge in [-0.05, 0) is 30.9 Å². The van der Waals surface area contributed by atoms with Crippen molar-refractivity contribution in [2.24, 2.45) is 0 Å². The van der Waals surface area contributed by atoms with Crippen LogP contribution in [0.5, 0.6) is 0 Å². The normalized spacial score (nSPS) is 15.9. The molecule has 1 aliphatic heterocycles. The third-order valence-electron chi connectivity index (χ3n) is 2.74. The maximum Gasteiger partial charge on any atom is 0.154 e. The highest BCUT2D eigenvalue weighted by Gasteiger charge is 2.12. The fourth-order valence-electron chi connectivity index (χ4n) is 1.86. The highest BCUT2D eigenvalue weighted by atomic mass is 16.1. The molecule has 0 atom stereocenters. The molecule has 2 rings (SSSR count). The highest BCUT2D eigenvalue weighted by molar-refractivity contribution is 5.90. The fraction of sp³-hybridized carbons (Fsp3) is 0.333. The predicted molar refractivity (Wildman–Crippen MR) is 63.9 cm³/mol. The van der Waals surface area contributed by atoms with E-state index in [0.717, 1.165) is 37.7 Å². The number of aldehydes is 1. The van der Waals surface area contributed by atoms with Gasteiger partial charge in [0, 0.05) is 24.6 Å². The van der Waals surface area contributed by atoms with Gasteiger partial charge in [-0.15, -0.1) is 0 Å². The zero-order valence-electron chi connectivity index (χ0n) is 9.07. The maximum atomic E-state index is 11.0. The van der Waals surface area contributed by atoms with Gasteiger partial charge in [-0.25, -0.2) is 0 Å². The van der Waals surface area contributed by atoms with Crippen molar-refractivity contribution in [3.63, 3.8) is 0 Å². The second-order valence-corrected chi connectivity index (χ2v) is 3.86. The molecule has 0 amide bonds. The van der Waals surface area contributed by atoms with E-state index in [4.69, 9.17) is 5.73 Å². The minimum absolute atomic E-state index is 0.491. The molecule has 0 aliphatic carbocycles. The number of anilines is 1. The van der Waals surface area contributed by atoms with Crippen molar-refractivity contribution in [2.45, 2.75) is 19.3 Å². The summed E-state index contributed by atoms with van der Waals surface area (Å²) >= 11 is 0. The number of rotatable bonds is 2. The number of pyridine rings is 1. The van der Waals surface area contributed by atoms with Gasteiger partial charge in [0.2, 0.25) is 0 Å². The largest absolute Gasteiger partial charge is 0.398 e. The molecule has 0 radical (unpaired) electrons. The Hall–Kier alpha value is -1.84. The number of carbonyl (C=O) groups is 1. The van der Waals surface area contributed by atoms with Gasteiger partial charge >= 0.3 is 0 Å². The molecular formula is C12H15N3O. The first-order valence-electron chi connectivity index (χ1n) is 5.45. The van der Waals surface area contributed by atoms with E-state index in [1.807, 2.05) is 6.20 Å². The standard InChI is InChI=1S/C12H15N3O/c13-11-4-6-15-12(10(11)8-16)9-3-1-2-5-14-7-9/h4,6-8,14H,1-3,5H2,(H2,13,15). The zero-order chi connectivity index (χ0) is 11.4. The summed E-state index contributed by atoms with van der Waals surface area (Å²) in [6, 6.07) is 1.65. The molecule has 2 heterocycles. The summed E-state index contributed by atoms with van der Waals surface area (Å²) in [4.78, 5) is 15.3. The molecule has 0 bridgehead atoms. The van der Waals surface area contributed by atoms with Crippen LogP contribution in [0.25, 0.3) is 5.57 Å². The van der Waals surface area contributed by atoms with Crippen molar-refractivity contribution in [1.82, 2.24) is 10.3 Å². The van der Waals surface area contributed by atoms with Crippen LogP contribution in [0.4, 0.5) is 5.69 Å². The Morgan fingerprint density at radius 3 is 3.12 bits per heavy atom. The zero-order valence-corrected chi connectivity index (χ0v) is 9.07. The van der Waals surface area contributed by atoms with Crippen molar-refractivity contribution < 1.29 is 4.79 Å². The van der Waals surface area contributed by atoms with Gasteiger partial charge in [0.25, 0.3) is 0 Å². The van der Waals surface area contributed by atoms with Crippen molar-refractivity contribution in [3.05, 3.63) is 29.7 Å². The fourth-order valence-corrected chi connectivity index (χ4v) is 1.86. The summed E-state index contributed by atoms with van der Waals surface area (Å²) in [6.07, 6.45) is 7.55. The molecule has 0 aromatic carbocycles. The second kappa shape index (κ2) is 4.79. The number of allylic oxidation sites excluding steroid dienone is 1. The summed E-state index contributed by atoms with van der Waals surface area (Å²) in [5.74, 6) is 0. The van der Waals surface area contributed by atoms with Crippen LogP contribution in [0, 0.1) is 0 Å². The first-order valence-corrected chi connectivity index (χ1v) is 5.45. The average molecular weight is 217 g/mol. The number of hydrogen-bond acceptors (Lipinski definition) is 4. The molecular weight excluding hydrogens is 202 g/mol. The van der Waals surface area contributed by atoms with Gasteiger partial charge < -0.3 is 11.1 Å². The summed E-state index contributed by atoms with van der Waals surface area (Å²) in [5.41, 5.74) is 8.52. The summed E-state index contributed by atoms with van der Waals surface area (Å²) in [7, 11) is 0. The van der Waals surface area contributed by atoms with E-state index >= 15 is 0 Å². The Bertz CT molecular complexity index is 426. The van der Waals surface area contributed by atoms with Gasteiger partial charge in [-0.1, -0.05) is 0 Å². The third kappa shape index (κ3) is 2.05. The quantitative estimate of drug-likeness (QED) is 0.738. The van der Waals surface area contributed by atoms with Crippen LogP contribution in [0.2, 0.25) is 0 Å². The highest BCUT2D eigenvalue weighted by Crippen LogP contribution is 2.25. The van der Waals surface area contributed by atoms with Crippen LogP contribution in [-0.4, -0.2) is 17.8 Å². The van der Waals surface area contributed by atoms with E-state index in [2.05, 4.69) is 10.3 Å². The first kappa shape index (κ1) is 10.7. The molecule has 1 aliphatic rings. The molecule has 16 heavy (non-hydrogen) atoms. The Kier molecular flexibility index (Phi) is 3.19. The van der Waals surface area contributed by atoms with E-state index in [1.165, 1.54) is 0 Å². The number of nitrogens with two attached hydrogens (primary N) is 1. The van der Waals surface area contributed by atoms with Crippen molar-refractivity contribution in [2.75, 3.05) is 12.3 Å². The number of nitrogens with one attached hydrogen (secondary N) is 1. The smallest absolute Gasteiger partial charge is 0.154 e. The van der Waals surface area contributed by atoms with Crippen LogP contribution < -0.4 is 11.1 Å². The second-order valence-electron chi connectivity index (χ2n) is 3.86. The van der Waals surface area contributed by atoms with Crippen LogP contribution in [-0.2, 0) is 0 Å². The molecule has 4 nitrogen and oxygen atoms in total. The van der Waals surface area contributed by atoms with E-state index in [9.17, 15) is 4.79 Å². The Morgan fingerprint density at radius 2 is 2.31 bits per heavy atom. The lowest BCUT2D eigenvalue weighted by atomic mass is 10.0. The lowest BCUT2D eigenvalue weighted by molar-refractivity contribution is 0.112. The van der Waals surface area contributed by atoms with Gasteiger partial charge in [0.15, 0.2) is 6.29 Å². The van der Waals surface area contributed by atoms with Gasteiger partial charge in [-0.3, -0.25) is 9.78 Å². The molecule has 1 aromatic heterocycles. The Morgan fingerprint density at radius 1 is 1.44 bits per heavy atom. The molecule has 0 spiro atoms. The number of hydrogen-bond donors (Lipinski definition) is 2. The molecule has 84 valence electrons. The Balaban J connectivity index is 2.42. The van der Waals surface area contributed by atoms with Crippen LogP contribution >= 0.6 is 0 Å². The number of carbonyl (C=O) groups excluding carboxylic acids is 1. The Labute approximate surface area is 94.6 Å². The lowest BCUT2D eigenvalue weighted by Gasteiger charge is -2.08. The molecule has 1 aromatic rings. The van der Waals surface area contributed by atoms with Gasteiger partial charge in [-0.2, -0.15) is 0 Å². The summed E-state index contributed by atoms with van der Waals surface area (Å²) < 4.78 is 0. The summed E-state index contributed by atoms with van der Waals surface area (Å²) in [6.45, 7) is 0.974. The molecule has 0 fully saturated rings. The van der Waals surface area contributed by atoms with E-state index in [-0.39, 0.29) is 0 Å². The molecule has 3 N–H and O–H groups in total. The third-order valence-corrected chi connectivity index (χ3v) is 2.74. The summed E-state index contributed by atoms with van der Waals surface area (Å²) in [5, 5.41) is 3.21. The molecule has 0 saturated carbocycles. The minimum atomic E-state index is 0.491. The minimum Gasteiger partial charge on any atom is -0.398 e. The average Bonchev–Trinajstić information content (AvgIpc) is 2.57. The van der Waals surface area contributed by atoms with Gasteiger partial charge in [0.1, 0.15) is 0 Å². The monoisotopic (exact) mass is 217 g/mol. The predicted octanol–water partition coefficient (Wildman–Crippen LogP) is 1.59. The lowest BCUT2D eigenvalue weighted by Crippen LogP contribution is -2.06. The molecule has 0 saturated heterocycles. The van der Waals surface area contributed by atoms with Gasteiger partial charge in [0.05, 0.1) is 11.3 Å².